The molecule has 2 aromatic carbocycles. The molecular weight excluding hydrogens is 316 g/mol. The Labute approximate surface area is 128 Å². The molecule has 0 fully saturated rings. The van der Waals surface area contributed by atoms with Crippen LogP contribution in [0, 0.1) is 6.92 Å². The first kappa shape index (κ1) is 14.9. The fourth-order valence-corrected chi connectivity index (χ4v) is 2.50. The predicted octanol–water partition coefficient (Wildman–Crippen LogP) is 5.47. The smallest absolute Gasteiger partial charge is 0.169 e. The first-order valence-corrected chi connectivity index (χ1v) is 7.92. The maximum Gasteiger partial charge on any atom is 0.169 e. The number of para-hydroxylation sites is 2. The fourth-order valence-electron chi connectivity index (χ4n) is 1.87. The van der Waals surface area contributed by atoms with Crippen LogP contribution in [-0.2, 0) is 5.33 Å². The molecule has 0 aliphatic rings. The van der Waals surface area contributed by atoms with Crippen LogP contribution in [-0.4, -0.2) is 6.61 Å². The normalized spacial score (nSPS) is 10.3. The Morgan fingerprint density at radius 2 is 1.80 bits per heavy atom. The molecule has 0 saturated heterocycles. The van der Waals surface area contributed by atoms with E-state index >= 15 is 0 Å². The van der Waals surface area contributed by atoms with Crippen molar-refractivity contribution in [3.8, 4) is 17.2 Å². The van der Waals surface area contributed by atoms with Gasteiger partial charge >= 0.3 is 0 Å². The zero-order chi connectivity index (χ0) is 14.4. The van der Waals surface area contributed by atoms with Gasteiger partial charge in [0, 0.05) is 5.33 Å². The summed E-state index contributed by atoms with van der Waals surface area (Å²) in [5, 5.41) is 0.856. The number of hydrogen-bond donors (Lipinski definition) is 0. The van der Waals surface area contributed by atoms with Crippen LogP contribution in [0.4, 0.5) is 0 Å². The summed E-state index contributed by atoms with van der Waals surface area (Å²) in [6.07, 6.45) is 0.980. The van der Waals surface area contributed by atoms with E-state index in [1.165, 1.54) is 11.1 Å². The quantitative estimate of drug-likeness (QED) is 0.652. The molecule has 0 radical (unpaired) electrons. The summed E-state index contributed by atoms with van der Waals surface area (Å²) >= 11 is 3.48. The highest BCUT2D eigenvalue weighted by Crippen LogP contribution is 2.32. The van der Waals surface area contributed by atoms with Crippen LogP contribution in [0.25, 0.3) is 0 Å². The number of alkyl halides is 1. The molecule has 0 spiro atoms. The second-order valence-electron chi connectivity index (χ2n) is 4.62. The van der Waals surface area contributed by atoms with E-state index in [4.69, 9.17) is 9.47 Å². The van der Waals surface area contributed by atoms with Crippen molar-refractivity contribution < 1.29 is 9.47 Å². The third kappa shape index (κ3) is 3.76. The average molecular weight is 335 g/mol. The Hall–Kier alpha value is -1.48. The van der Waals surface area contributed by atoms with Gasteiger partial charge in [-0.1, -0.05) is 41.1 Å². The Bertz CT molecular complexity index is 567. The van der Waals surface area contributed by atoms with Crippen molar-refractivity contribution in [2.45, 2.75) is 25.6 Å². The number of benzene rings is 2. The molecule has 0 amide bonds. The first-order valence-electron chi connectivity index (χ1n) is 6.79. The number of ether oxygens (including phenoxy) is 2. The molecule has 0 unspecified atom stereocenters. The lowest BCUT2D eigenvalue weighted by atomic mass is 10.1. The zero-order valence-electron chi connectivity index (χ0n) is 11.9. The second kappa shape index (κ2) is 7.34. The van der Waals surface area contributed by atoms with E-state index in [1.807, 2.05) is 36.4 Å². The van der Waals surface area contributed by atoms with Gasteiger partial charge in [-0.05, 0) is 48.7 Å². The van der Waals surface area contributed by atoms with Crippen molar-refractivity contribution in [2.75, 3.05) is 6.61 Å². The second-order valence-corrected chi connectivity index (χ2v) is 5.18. The topological polar surface area (TPSA) is 18.5 Å². The molecule has 106 valence electrons. The number of aryl methyl sites for hydroxylation is 1. The molecule has 3 heteroatoms. The van der Waals surface area contributed by atoms with E-state index in [0.29, 0.717) is 6.61 Å². The van der Waals surface area contributed by atoms with Crippen molar-refractivity contribution in [1.82, 2.24) is 0 Å². The summed E-state index contributed by atoms with van der Waals surface area (Å²) in [5.41, 5.74) is 2.49. The lowest BCUT2D eigenvalue weighted by Crippen LogP contribution is -1.97. The van der Waals surface area contributed by atoms with Crippen molar-refractivity contribution in [1.29, 1.82) is 0 Å². The maximum atomic E-state index is 5.95. The maximum absolute atomic E-state index is 5.95. The minimum atomic E-state index is 0.696. The molecule has 0 saturated carbocycles. The lowest BCUT2D eigenvalue weighted by Gasteiger charge is -2.13. The zero-order valence-corrected chi connectivity index (χ0v) is 13.4. The van der Waals surface area contributed by atoms with E-state index in [1.54, 1.807) is 0 Å². The van der Waals surface area contributed by atoms with Crippen LogP contribution in [0.5, 0.6) is 17.2 Å². The van der Waals surface area contributed by atoms with E-state index in [0.717, 1.165) is 29.0 Å². The van der Waals surface area contributed by atoms with Gasteiger partial charge in [-0.3, -0.25) is 0 Å². The van der Waals surface area contributed by atoms with Gasteiger partial charge < -0.3 is 9.47 Å². The summed E-state index contributed by atoms with van der Waals surface area (Å²) in [5.74, 6) is 2.38. The van der Waals surface area contributed by atoms with Crippen LogP contribution >= 0.6 is 15.9 Å². The molecule has 20 heavy (non-hydrogen) atoms. The Balaban J connectivity index is 2.19. The van der Waals surface area contributed by atoms with E-state index in [9.17, 15) is 0 Å². The molecule has 2 aromatic rings. The molecule has 0 heterocycles. The minimum Gasteiger partial charge on any atom is -0.490 e. The van der Waals surface area contributed by atoms with Gasteiger partial charge in [-0.2, -0.15) is 0 Å². The van der Waals surface area contributed by atoms with E-state index < -0.39 is 0 Å². The Morgan fingerprint density at radius 1 is 1.05 bits per heavy atom. The Morgan fingerprint density at radius 3 is 2.45 bits per heavy atom. The van der Waals surface area contributed by atoms with Gasteiger partial charge in [0.25, 0.3) is 0 Å². The third-order valence-electron chi connectivity index (χ3n) is 3.00. The highest BCUT2D eigenvalue weighted by atomic mass is 79.9. The first-order chi connectivity index (χ1) is 9.74. The highest BCUT2D eigenvalue weighted by Gasteiger charge is 2.06. The summed E-state index contributed by atoms with van der Waals surface area (Å²) in [7, 11) is 0. The molecule has 0 aliphatic heterocycles. The van der Waals surface area contributed by atoms with Crippen LogP contribution < -0.4 is 9.47 Å². The van der Waals surface area contributed by atoms with Crippen LogP contribution in [0.1, 0.15) is 24.5 Å². The monoisotopic (exact) mass is 334 g/mol. The van der Waals surface area contributed by atoms with Gasteiger partial charge in [-0.25, -0.2) is 0 Å². The minimum absolute atomic E-state index is 0.696. The summed E-state index contributed by atoms with van der Waals surface area (Å²) < 4.78 is 11.6. The van der Waals surface area contributed by atoms with Gasteiger partial charge in [0.1, 0.15) is 5.75 Å². The molecular formula is C17H19BrO2. The van der Waals surface area contributed by atoms with Gasteiger partial charge in [-0.15, -0.1) is 0 Å². The lowest BCUT2D eigenvalue weighted by molar-refractivity contribution is 0.302. The van der Waals surface area contributed by atoms with Gasteiger partial charge in [0.2, 0.25) is 0 Å². The SMILES string of the molecule is CCCOc1ccccc1Oc1ccc(CBr)c(C)c1. The molecule has 0 bridgehead atoms. The van der Waals surface area contributed by atoms with Crippen molar-refractivity contribution >= 4 is 15.9 Å². The summed E-state index contributed by atoms with van der Waals surface area (Å²) in [6, 6.07) is 13.9. The summed E-state index contributed by atoms with van der Waals surface area (Å²) in [4.78, 5) is 0. The van der Waals surface area contributed by atoms with Crippen molar-refractivity contribution in [2.24, 2.45) is 0 Å². The van der Waals surface area contributed by atoms with Crippen LogP contribution in [0.2, 0.25) is 0 Å². The molecule has 0 aromatic heterocycles. The van der Waals surface area contributed by atoms with E-state index in [-0.39, 0.29) is 0 Å². The number of halogens is 1. The average Bonchev–Trinajstić information content (AvgIpc) is 2.46. The van der Waals surface area contributed by atoms with Crippen molar-refractivity contribution in [3.63, 3.8) is 0 Å². The van der Waals surface area contributed by atoms with Gasteiger partial charge in [0.05, 0.1) is 6.61 Å². The molecule has 0 aliphatic carbocycles. The van der Waals surface area contributed by atoms with Crippen LogP contribution in [0.15, 0.2) is 42.5 Å². The van der Waals surface area contributed by atoms with Gasteiger partial charge in [0.15, 0.2) is 11.5 Å². The summed E-state index contributed by atoms with van der Waals surface area (Å²) in [6.45, 7) is 4.87. The van der Waals surface area contributed by atoms with Crippen molar-refractivity contribution in [3.05, 3.63) is 53.6 Å². The molecule has 0 atom stereocenters. The highest BCUT2D eigenvalue weighted by molar-refractivity contribution is 9.08. The van der Waals surface area contributed by atoms with Crippen LogP contribution in [0.3, 0.4) is 0 Å². The standard InChI is InChI=1S/C17H19BrO2/c1-3-10-19-16-6-4-5-7-17(16)20-15-9-8-14(12-18)13(2)11-15/h4-9,11H,3,10,12H2,1-2H3. The molecule has 2 rings (SSSR count). The Kier molecular flexibility index (Phi) is 5.48. The predicted molar refractivity (Wildman–Crippen MR) is 86.1 cm³/mol. The number of hydrogen-bond acceptors (Lipinski definition) is 2. The van der Waals surface area contributed by atoms with E-state index in [2.05, 4.69) is 35.8 Å². The third-order valence-corrected chi connectivity index (χ3v) is 3.60. The fraction of sp³-hybridized carbons (Fsp3) is 0.294. The molecule has 2 nitrogen and oxygen atoms in total. The molecule has 0 N–H and O–H groups in total. The number of rotatable bonds is 6. The largest absolute Gasteiger partial charge is 0.490 e.